The second-order valence-corrected chi connectivity index (χ2v) is 9.20. The van der Waals surface area contributed by atoms with Crippen LogP contribution in [-0.4, -0.2) is 87.2 Å². The van der Waals surface area contributed by atoms with Crippen LogP contribution in [0.4, 0.5) is 0 Å². The van der Waals surface area contributed by atoms with E-state index in [0.717, 1.165) is 11.4 Å². The molecule has 2 aliphatic heterocycles. The van der Waals surface area contributed by atoms with Gasteiger partial charge in [-0.3, -0.25) is 4.99 Å². The smallest absolute Gasteiger partial charge is 0.230 e. The van der Waals surface area contributed by atoms with E-state index in [9.17, 15) is 8.42 Å². The van der Waals surface area contributed by atoms with Crippen molar-refractivity contribution in [3.05, 3.63) is 48.2 Å². The van der Waals surface area contributed by atoms with Crippen LogP contribution in [0.5, 0.6) is 17.4 Å². The zero-order chi connectivity index (χ0) is 21.7. The number of sulfonamides is 1. The molecule has 0 atom stereocenters. The van der Waals surface area contributed by atoms with Gasteiger partial charge in [-0.15, -0.1) is 0 Å². The molecule has 2 aliphatic rings. The lowest BCUT2D eigenvalue weighted by Crippen LogP contribution is -2.50. The maximum atomic E-state index is 11.9. The minimum absolute atomic E-state index is 0.402. The van der Waals surface area contributed by atoms with Crippen LogP contribution in [0, 0.1) is 0 Å². The van der Waals surface area contributed by atoms with Crippen LogP contribution in [0.1, 0.15) is 5.56 Å². The molecule has 10 heteroatoms. The lowest BCUT2D eigenvalue weighted by atomic mass is 10.2. The first-order chi connectivity index (χ1) is 15.0. The molecule has 2 aromatic rings. The number of rotatable bonds is 1. The summed E-state index contributed by atoms with van der Waals surface area (Å²) in [5, 5.41) is 0. The lowest BCUT2D eigenvalue weighted by Gasteiger charge is -2.35. The molecule has 1 fully saturated rings. The number of ether oxygens (including phenoxy) is 3. The molecule has 166 valence electrons. The maximum absolute atomic E-state index is 11.9. The molecule has 1 saturated heterocycles. The second-order valence-electron chi connectivity index (χ2n) is 7.22. The monoisotopic (exact) mass is 446 g/mol. The fourth-order valence-corrected chi connectivity index (χ4v) is 4.34. The van der Waals surface area contributed by atoms with Crippen molar-refractivity contribution in [3.63, 3.8) is 0 Å². The average Bonchev–Trinajstić information content (AvgIpc) is 2.78. The Balaban J connectivity index is 1.67. The molecule has 0 radical (unpaired) electrons. The number of hydrogen-bond donors (Lipinski definition) is 0. The molecule has 0 amide bonds. The van der Waals surface area contributed by atoms with Crippen LogP contribution in [0.3, 0.4) is 0 Å². The Morgan fingerprint density at radius 1 is 0.935 bits per heavy atom. The molecule has 0 spiro atoms. The molecule has 1 aromatic heterocycles. The van der Waals surface area contributed by atoms with E-state index in [1.807, 2.05) is 36.4 Å². The highest BCUT2D eigenvalue weighted by atomic mass is 32.2. The van der Waals surface area contributed by atoms with Gasteiger partial charge in [0, 0.05) is 32.4 Å². The predicted molar refractivity (Wildman–Crippen MR) is 116 cm³/mol. The number of hydrogen-bond acceptors (Lipinski definition) is 8. The summed E-state index contributed by atoms with van der Waals surface area (Å²) in [5.41, 5.74) is 0.740. The summed E-state index contributed by atoms with van der Waals surface area (Å²) in [4.78, 5) is 11.3. The van der Waals surface area contributed by atoms with E-state index in [4.69, 9.17) is 19.2 Å². The summed E-state index contributed by atoms with van der Waals surface area (Å²) < 4.78 is 42.9. The number of nitrogens with zero attached hydrogens (tertiary/aromatic N) is 4. The van der Waals surface area contributed by atoms with Gasteiger partial charge < -0.3 is 19.1 Å². The number of benzene rings is 1. The third kappa shape index (κ3) is 5.33. The largest absolute Gasteiger partial charge is 0.487 e. The van der Waals surface area contributed by atoms with Crippen LogP contribution in [0.25, 0.3) is 0 Å². The first-order valence-corrected chi connectivity index (χ1v) is 12.0. The summed E-state index contributed by atoms with van der Waals surface area (Å²) in [6.07, 6.45) is 2.91. The minimum Gasteiger partial charge on any atom is -0.487 e. The Morgan fingerprint density at radius 2 is 1.71 bits per heavy atom. The van der Waals surface area contributed by atoms with Crippen molar-refractivity contribution >= 4 is 15.9 Å². The molecule has 0 saturated carbocycles. The quantitative estimate of drug-likeness (QED) is 0.657. The summed E-state index contributed by atoms with van der Waals surface area (Å²) in [7, 11) is -3.21. The molecular formula is C21H26N4O5S. The third-order valence-corrected chi connectivity index (χ3v) is 6.36. The van der Waals surface area contributed by atoms with E-state index < -0.39 is 10.0 Å². The van der Waals surface area contributed by atoms with E-state index in [2.05, 4.69) is 9.88 Å². The molecule has 31 heavy (non-hydrogen) atoms. The number of aliphatic imine (C=N–C) groups is 1. The zero-order valence-corrected chi connectivity index (χ0v) is 18.3. The topological polar surface area (TPSA) is 93.6 Å². The van der Waals surface area contributed by atoms with Gasteiger partial charge in [0.15, 0.2) is 11.5 Å². The van der Waals surface area contributed by atoms with Crippen molar-refractivity contribution in [3.8, 4) is 17.4 Å². The van der Waals surface area contributed by atoms with Gasteiger partial charge in [-0.2, -0.15) is 4.31 Å². The maximum Gasteiger partial charge on any atom is 0.230 e. The van der Waals surface area contributed by atoms with E-state index in [0.29, 0.717) is 69.9 Å². The summed E-state index contributed by atoms with van der Waals surface area (Å²) in [5.74, 6) is 2.31. The van der Waals surface area contributed by atoms with E-state index in [1.165, 1.54) is 10.6 Å². The van der Waals surface area contributed by atoms with Crippen LogP contribution >= 0.6 is 0 Å². The summed E-state index contributed by atoms with van der Waals surface area (Å²) in [6.45, 7) is 3.62. The molecular weight excluding hydrogens is 420 g/mol. The second kappa shape index (κ2) is 9.63. The Bertz CT molecular complexity index is 1040. The van der Waals surface area contributed by atoms with Gasteiger partial charge in [0.05, 0.1) is 31.6 Å². The van der Waals surface area contributed by atoms with Crippen molar-refractivity contribution < 1.29 is 22.6 Å². The molecule has 0 aliphatic carbocycles. The van der Waals surface area contributed by atoms with Crippen LogP contribution in [0.15, 0.2) is 47.6 Å². The highest BCUT2D eigenvalue weighted by Gasteiger charge is 2.27. The predicted octanol–water partition coefficient (Wildman–Crippen LogP) is 1.61. The Hall–Kier alpha value is -2.69. The van der Waals surface area contributed by atoms with Crippen molar-refractivity contribution in [2.24, 2.45) is 4.99 Å². The van der Waals surface area contributed by atoms with Gasteiger partial charge in [0.25, 0.3) is 0 Å². The molecule has 3 heterocycles. The molecule has 9 nitrogen and oxygen atoms in total. The minimum atomic E-state index is -3.21. The molecule has 4 rings (SSSR count). The van der Waals surface area contributed by atoms with Gasteiger partial charge in [0.2, 0.25) is 15.9 Å². The Labute approximate surface area is 182 Å². The lowest BCUT2D eigenvalue weighted by molar-refractivity contribution is 0.105. The third-order valence-electron chi connectivity index (χ3n) is 5.06. The average molecular weight is 447 g/mol. The summed E-state index contributed by atoms with van der Waals surface area (Å²) in [6, 6.07) is 11.2. The van der Waals surface area contributed by atoms with Gasteiger partial charge in [-0.05, 0) is 24.3 Å². The molecule has 0 unspecified atom stereocenters. The van der Waals surface area contributed by atoms with Crippen LogP contribution < -0.4 is 9.47 Å². The molecule has 0 N–H and O–H groups in total. The first kappa shape index (κ1) is 21.5. The Morgan fingerprint density at radius 3 is 2.48 bits per heavy atom. The van der Waals surface area contributed by atoms with Crippen molar-refractivity contribution in [1.29, 1.82) is 0 Å². The fraction of sp³-hybridized carbons (Fsp3) is 0.429. The number of para-hydroxylation sites is 2. The normalized spacial score (nSPS) is 18.7. The SMILES string of the molecule is CS(=O)(=O)N1CCN(C2=NCCOCCOc3ccccc3Oc3ncccc32)CC1. The van der Waals surface area contributed by atoms with Gasteiger partial charge >= 0.3 is 0 Å². The standard InChI is InChI=1S/C21H26N4O5S/c1-31(26,27)25-12-10-24(11-13-25)20-17-5-4-8-23-21(17)30-19-7-3-2-6-18(19)29-16-15-28-14-9-22-20/h2-8H,9-16H2,1H3. The fourth-order valence-electron chi connectivity index (χ4n) is 3.52. The van der Waals surface area contributed by atoms with Crippen LogP contribution in [0.2, 0.25) is 0 Å². The number of fused-ring (bicyclic) bond motifs is 2. The number of amidine groups is 1. The highest BCUT2D eigenvalue weighted by molar-refractivity contribution is 7.88. The molecule has 0 bridgehead atoms. The van der Waals surface area contributed by atoms with Gasteiger partial charge in [-0.1, -0.05) is 12.1 Å². The number of piperazine rings is 1. The van der Waals surface area contributed by atoms with Crippen molar-refractivity contribution in [2.45, 2.75) is 0 Å². The van der Waals surface area contributed by atoms with Gasteiger partial charge in [-0.25, -0.2) is 13.4 Å². The summed E-state index contributed by atoms with van der Waals surface area (Å²) >= 11 is 0. The van der Waals surface area contributed by atoms with E-state index in [-0.39, 0.29) is 0 Å². The van der Waals surface area contributed by atoms with Gasteiger partial charge in [0.1, 0.15) is 12.4 Å². The molecule has 1 aromatic carbocycles. The van der Waals surface area contributed by atoms with E-state index in [1.54, 1.807) is 6.20 Å². The van der Waals surface area contributed by atoms with Crippen molar-refractivity contribution in [2.75, 3.05) is 58.8 Å². The zero-order valence-electron chi connectivity index (χ0n) is 17.4. The first-order valence-electron chi connectivity index (χ1n) is 10.2. The highest BCUT2D eigenvalue weighted by Crippen LogP contribution is 2.32. The van der Waals surface area contributed by atoms with E-state index >= 15 is 0 Å². The number of aromatic nitrogens is 1. The van der Waals surface area contributed by atoms with Crippen LogP contribution in [-0.2, 0) is 14.8 Å². The van der Waals surface area contributed by atoms with Crippen molar-refractivity contribution in [1.82, 2.24) is 14.2 Å². The number of pyridine rings is 1. The Kier molecular flexibility index (Phi) is 6.69.